The van der Waals surface area contributed by atoms with E-state index in [4.69, 9.17) is 11.2 Å². The number of hydrogen-bond acceptors (Lipinski definition) is 3. The Kier molecular flexibility index (Phi) is 9.34. The van der Waals surface area contributed by atoms with Gasteiger partial charge in [0, 0.05) is 30.1 Å². The summed E-state index contributed by atoms with van der Waals surface area (Å²) in [5.41, 5.74) is 3.30. The first-order valence-corrected chi connectivity index (χ1v) is 12.3. The van der Waals surface area contributed by atoms with Gasteiger partial charge in [-0.2, -0.15) is 0 Å². The number of rotatable bonds is 13. The zero-order chi connectivity index (χ0) is 25.9. The fourth-order valence-electron chi connectivity index (χ4n) is 3.77. The van der Waals surface area contributed by atoms with Crippen molar-refractivity contribution in [3.05, 3.63) is 90.0 Å². The van der Waals surface area contributed by atoms with E-state index in [2.05, 4.69) is 0 Å². The van der Waals surface area contributed by atoms with E-state index in [1.165, 1.54) is 0 Å². The summed E-state index contributed by atoms with van der Waals surface area (Å²) in [5.74, 6) is -0.397. The molecule has 0 aliphatic rings. The van der Waals surface area contributed by atoms with E-state index in [0.29, 0.717) is 29.9 Å². The predicted octanol–water partition coefficient (Wildman–Crippen LogP) is 6.82. The molecule has 0 aliphatic heterocycles. The van der Waals surface area contributed by atoms with Gasteiger partial charge in [-0.1, -0.05) is 67.6 Å². The van der Waals surface area contributed by atoms with Crippen molar-refractivity contribution < 1.29 is 20.8 Å². The Balaban J connectivity index is 1.75. The summed E-state index contributed by atoms with van der Waals surface area (Å²) in [6, 6.07) is 24.8. The third-order valence-electron chi connectivity index (χ3n) is 6.03. The lowest BCUT2D eigenvalue weighted by Crippen LogP contribution is -2.37. The van der Waals surface area contributed by atoms with Crippen molar-refractivity contribution in [3.63, 3.8) is 0 Å². The van der Waals surface area contributed by atoms with Gasteiger partial charge in [-0.3, -0.25) is 9.59 Å². The maximum atomic E-state index is 13.6. The number of carbonyl (C=O) groups is 2. The molecule has 3 aromatic rings. The number of hydrogen-bond donors (Lipinski definition) is 1. The summed E-state index contributed by atoms with van der Waals surface area (Å²) in [7, 11) is 0. The van der Waals surface area contributed by atoms with E-state index in [-0.39, 0.29) is 18.4 Å². The average molecular weight is 475 g/mol. The average Bonchev–Trinajstić information content (AvgIpc) is 2.91. The first-order valence-electron chi connectivity index (χ1n) is 12.8. The van der Waals surface area contributed by atoms with Crippen LogP contribution in [0.25, 0.3) is 11.1 Å². The van der Waals surface area contributed by atoms with E-state index < -0.39 is 12.5 Å². The van der Waals surface area contributed by atoms with Crippen LogP contribution >= 0.6 is 0 Å². The standard InChI is InChI=1S/C30H35NO4/c1-3-23(2)31(30(34)26-19-17-25(18-20-26)24-12-6-4-7-13-24)22-27-14-9-10-15-28(27)35-21-11-5-8-16-29(32)33/h4,6-7,9-10,12-15,17-20,23H,3,5,8,11,16,21-22H2,1-2H3,(H,32,33)/i22D. The maximum absolute atomic E-state index is 13.6. The van der Waals surface area contributed by atoms with Crippen LogP contribution in [0.1, 0.15) is 63.2 Å². The normalized spacial score (nSPS) is 12.9. The van der Waals surface area contributed by atoms with Crippen molar-refractivity contribution in [2.75, 3.05) is 6.61 Å². The van der Waals surface area contributed by atoms with Crippen LogP contribution < -0.4 is 4.74 Å². The van der Waals surface area contributed by atoms with Crippen LogP contribution in [0.5, 0.6) is 5.75 Å². The second-order valence-corrected chi connectivity index (χ2v) is 8.63. The Hall–Kier alpha value is -3.60. The largest absolute Gasteiger partial charge is 0.493 e. The van der Waals surface area contributed by atoms with Crippen LogP contribution in [0, 0.1) is 0 Å². The molecule has 0 radical (unpaired) electrons. The van der Waals surface area contributed by atoms with Crippen LogP contribution in [0.2, 0.25) is 0 Å². The molecule has 3 rings (SSSR count). The highest BCUT2D eigenvalue weighted by Gasteiger charge is 2.22. The molecule has 2 atom stereocenters. The molecule has 5 heteroatoms. The van der Waals surface area contributed by atoms with Gasteiger partial charge in [0.2, 0.25) is 0 Å². The lowest BCUT2D eigenvalue weighted by Gasteiger charge is -2.29. The van der Waals surface area contributed by atoms with Crippen molar-refractivity contribution in [1.82, 2.24) is 4.90 Å². The van der Waals surface area contributed by atoms with Crippen LogP contribution in [-0.2, 0) is 11.3 Å². The number of nitrogens with zero attached hydrogens (tertiary/aromatic N) is 1. The summed E-state index contributed by atoms with van der Waals surface area (Å²) < 4.78 is 15.0. The summed E-state index contributed by atoms with van der Waals surface area (Å²) in [4.78, 5) is 25.9. The molecule has 3 aromatic carbocycles. The lowest BCUT2D eigenvalue weighted by atomic mass is 10.0. The minimum absolute atomic E-state index is 0.141. The van der Waals surface area contributed by atoms with Crippen molar-refractivity contribution in [2.45, 2.75) is 58.5 Å². The van der Waals surface area contributed by atoms with Crippen molar-refractivity contribution in [3.8, 4) is 16.9 Å². The van der Waals surface area contributed by atoms with Crippen molar-refractivity contribution in [1.29, 1.82) is 0 Å². The van der Waals surface area contributed by atoms with Crippen molar-refractivity contribution in [2.24, 2.45) is 0 Å². The first kappa shape index (κ1) is 24.5. The third kappa shape index (κ3) is 7.71. The van der Waals surface area contributed by atoms with Crippen molar-refractivity contribution >= 4 is 11.9 Å². The SMILES string of the molecule is [2H]C(c1ccccc1OCCCCCC(=O)O)N(C(=O)c1ccc(-c2ccccc2)cc1)C(C)CC. The van der Waals surface area contributed by atoms with Gasteiger partial charge in [-0.05, 0) is 61.9 Å². The molecule has 0 aromatic heterocycles. The highest BCUT2D eigenvalue weighted by molar-refractivity contribution is 5.95. The molecular weight excluding hydrogens is 438 g/mol. The minimum Gasteiger partial charge on any atom is -0.493 e. The Morgan fingerprint density at radius 3 is 2.26 bits per heavy atom. The van der Waals surface area contributed by atoms with Gasteiger partial charge in [0.1, 0.15) is 5.75 Å². The fraction of sp³-hybridized carbons (Fsp3) is 0.333. The molecule has 0 saturated heterocycles. The molecule has 0 heterocycles. The molecule has 0 spiro atoms. The molecule has 5 nitrogen and oxygen atoms in total. The molecule has 1 amide bonds. The van der Waals surface area contributed by atoms with Crippen LogP contribution in [0.15, 0.2) is 78.9 Å². The number of benzene rings is 3. The zero-order valence-corrected chi connectivity index (χ0v) is 20.5. The molecule has 35 heavy (non-hydrogen) atoms. The Labute approximate surface area is 209 Å². The number of carboxylic acid groups (broad SMARTS) is 1. The fourth-order valence-corrected chi connectivity index (χ4v) is 3.77. The summed E-state index contributed by atoms with van der Waals surface area (Å²) in [6.45, 7) is 3.48. The monoisotopic (exact) mass is 474 g/mol. The number of aliphatic carboxylic acids is 1. The number of para-hydroxylation sites is 1. The Morgan fingerprint density at radius 2 is 1.57 bits per heavy atom. The van der Waals surface area contributed by atoms with E-state index in [1.54, 1.807) is 4.90 Å². The second-order valence-electron chi connectivity index (χ2n) is 8.63. The van der Waals surface area contributed by atoms with Crippen LogP contribution in [0.4, 0.5) is 0 Å². The Morgan fingerprint density at radius 1 is 0.914 bits per heavy atom. The third-order valence-corrected chi connectivity index (χ3v) is 6.03. The topological polar surface area (TPSA) is 66.8 Å². The number of carbonyl (C=O) groups excluding carboxylic acids is 1. The van der Waals surface area contributed by atoms with Gasteiger partial charge < -0.3 is 14.7 Å². The molecule has 0 bridgehead atoms. The highest BCUT2D eigenvalue weighted by atomic mass is 16.5. The van der Waals surface area contributed by atoms with Gasteiger partial charge in [-0.25, -0.2) is 0 Å². The Bertz CT molecular complexity index is 1120. The van der Waals surface area contributed by atoms with E-state index in [9.17, 15) is 9.59 Å². The molecule has 0 saturated carbocycles. The quantitative estimate of drug-likeness (QED) is 0.276. The van der Waals surface area contributed by atoms with Gasteiger partial charge >= 0.3 is 5.97 Å². The van der Waals surface area contributed by atoms with Gasteiger partial charge in [0.25, 0.3) is 5.91 Å². The zero-order valence-electron chi connectivity index (χ0n) is 21.5. The summed E-state index contributed by atoms with van der Waals surface area (Å²) in [5, 5.41) is 8.77. The first-order chi connectivity index (χ1) is 17.4. The lowest BCUT2D eigenvalue weighted by molar-refractivity contribution is -0.137. The number of unbranched alkanes of at least 4 members (excludes halogenated alkanes) is 2. The minimum atomic E-state index is -0.926. The molecule has 0 fully saturated rings. The summed E-state index contributed by atoms with van der Waals surface area (Å²) in [6.07, 6.45) is 2.97. The van der Waals surface area contributed by atoms with Gasteiger partial charge in [-0.15, -0.1) is 0 Å². The molecule has 2 unspecified atom stereocenters. The summed E-state index contributed by atoms with van der Waals surface area (Å²) >= 11 is 0. The van der Waals surface area contributed by atoms with Gasteiger partial charge in [0.05, 0.1) is 7.98 Å². The van der Waals surface area contributed by atoms with E-state index in [1.807, 2.05) is 92.7 Å². The van der Waals surface area contributed by atoms with E-state index >= 15 is 0 Å². The number of carboxylic acids is 1. The van der Waals surface area contributed by atoms with Crippen LogP contribution in [-0.4, -0.2) is 34.5 Å². The molecule has 1 N–H and O–H groups in total. The smallest absolute Gasteiger partial charge is 0.303 e. The molecular formula is C30H35NO4. The predicted molar refractivity (Wildman–Crippen MR) is 140 cm³/mol. The molecule has 184 valence electrons. The van der Waals surface area contributed by atoms with E-state index in [0.717, 1.165) is 30.4 Å². The maximum Gasteiger partial charge on any atom is 0.303 e. The van der Waals surface area contributed by atoms with Gasteiger partial charge in [0.15, 0.2) is 0 Å². The highest BCUT2D eigenvalue weighted by Crippen LogP contribution is 2.25. The number of ether oxygens (including phenoxy) is 1. The van der Waals surface area contributed by atoms with Crippen LogP contribution in [0.3, 0.4) is 0 Å². The number of amides is 1. The second kappa shape index (κ2) is 13.3. The molecule has 0 aliphatic carbocycles.